The zero-order valence-electron chi connectivity index (χ0n) is 37.9. The van der Waals surface area contributed by atoms with E-state index in [4.69, 9.17) is 0 Å². The molecule has 6 nitrogen and oxygen atoms in total. The third-order valence-corrected chi connectivity index (χ3v) is 12.3. The molecule has 1 aliphatic rings. The van der Waals surface area contributed by atoms with E-state index in [1.54, 1.807) is 0 Å². The zero-order chi connectivity index (χ0) is 39.9. The number of carbonyl (C=O) groups is 2. The van der Waals surface area contributed by atoms with Crippen LogP contribution in [0.25, 0.3) is 0 Å². The van der Waals surface area contributed by atoms with Gasteiger partial charge >= 0.3 is 0 Å². The minimum atomic E-state index is -0.367. The molecule has 6 heteroatoms. The van der Waals surface area contributed by atoms with Gasteiger partial charge in [0.25, 0.3) is 0 Å². The van der Waals surface area contributed by atoms with Crippen LogP contribution >= 0.6 is 0 Å². The number of unbranched alkanes of at least 4 members (excludes halogenated alkanes) is 29. The van der Waals surface area contributed by atoms with Gasteiger partial charge in [0, 0.05) is 0 Å². The smallest absolute Gasteiger partial charge is 0.243 e. The summed E-state index contributed by atoms with van der Waals surface area (Å²) >= 11 is 0. The van der Waals surface area contributed by atoms with Crippen molar-refractivity contribution in [3.63, 3.8) is 0 Å². The standard InChI is InChI=1S/C49H98N4O2/c1-5-8-11-14-17-20-23-26-29-34-41-52(4)42-37-32-39-46-48(54)51-47(49(55)50-46)40-33-38-45-53(43-35-30-27-24-21-18-15-12-9-6-2)44-36-31-28-25-22-19-16-13-10-7-3/h46-47H,5-45H2,1-4H3,(H,50,55)(H,51,54). The van der Waals surface area contributed by atoms with Gasteiger partial charge in [-0.3, -0.25) is 9.59 Å². The van der Waals surface area contributed by atoms with Crippen LogP contribution in [-0.4, -0.2) is 73.5 Å². The maximum atomic E-state index is 13.0. The Balaban J connectivity index is 2.24. The number of hydrogen-bond donors (Lipinski definition) is 2. The van der Waals surface area contributed by atoms with Gasteiger partial charge in [-0.15, -0.1) is 0 Å². The fraction of sp³-hybridized carbons (Fsp3) is 0.959. The molecule has 2 unspecified atom stereocenters. The van der Waals surface area contributed by atoms with Crippen molar-refractivity contribution >= 4 is 11.8 Å². The molecule has 2 N–H and O–H groups in total. The maximum absolute atomic E-state index is 13.0. The summed E-state index contributed by atoms with van der Waals surface area (Å²) < 4.78 is 0. The number of nitrogens with zero attached hydrogens (tertiary/aromatic N) is 2. The third kappa shape index (κ3) is 32.5. The number of carbonyl (C=O) groups excluding carboxylic acids is 2. The van der Waals surface area contributed by atoms with Crippen molar-refractivity contribution in [1.29, 1.82) is 0 Å². The lowest BCUT2D eigenvalue weighted by Gasteiger charge is -2.30. The van der Waals surface area contributed by atoms with Gasteiger partial charge in [-0.25, -0.2) is 0 Å². The molecule has 1 saturated heterocycles. The van der Waals surface area contributed by atoms with E-state index in [1.165, 1.54) is 206 Å². The van der Waals surface area contributed by atoms with Gasteiger partial charge in [0.1, 0.15) is 12.1 Å². The van der Waals surface area contributed by atoms with Gasteiger partial charge in [0.15, 0.2) is 0 Å². The topological polar surface area (TPSA) is 64.7 Å². The summed E-state index contributed by atoms with van der Waals surface area (Å²) in [5.74, 6) is 0.0436. The van der Waals surface area contributed by atoms with Gasteiger partial charge < -0.3 is 20.4 Å². The lowest BCUT2D eigenvalue weighted by Crippen LogP contribution is -2.61. The predicted molar refractivity (Wildman–Crippen MR) is 241 cm³/mol. The quantitative estimate of drug-likeness (QED) is 0.0606. The molecule has 0 aromatic rings. The van der Waals surface area contributed by atoms with Crippen molar-refractivity contribution < 1.29 is 9.59 Å². The van der Waals surface area contributed by atoms with Crippen molar-refractivity contribution in [3.05, 3.63) is 0 Å². The Labute approximate surface area is 344 Å². The first-order valence-corrected chi connectivity index (χ1v) is 25.0. The largest absolute Gasteiger partial charge is 0.343 e. The predicted octanol–water partition coefficient (Wildman–Crippen LogP) is 13.3. The Morgan fingerprint density at radius 1 is 0.345 bits per heavy atom. The average molecular weight is 775 g/mol. The van der Waals surface area contributed by atoms with Crippen LogP contribution in [0.15, 0.2) is 0 Å². The van der Waals surface area contributed by atoms with Crippen LogP contribution in [0.3, 0.4) is 0 Å². The molecular weight excluding hydrogens is 677 g/mol. The van der Waals surface area contributed by atoms with Gasteiger partial charge in [-0.1, -0.05) is 194 Å². The molecule has 2 amide bonds. The van der Waals surface area contributed by atoms with E-state index < -0.39 is 0 Å². The summed E-state index contributed by atoms with van der Waals surface area (Å²) in [7, 11) is 2.22. The molecule has 2 atom stereocenters. The SMILES string of the molecule is CCCCCCCCCCCCN(C)CCCCC1NC(=O)C(CCCCN(CCCCCCCCCCCC)CCCCCCCCCCCC)NC1=O. The minimum absolute atomic E-state index is 0.0202. The van der Waals surface area contributed by atoms with Crippen molar-refractivity contribution in [2.75, 3.05) is 39.8 Å². The van der Waals surface area contributed by atoms with Gasteiger partial charge in [-0.2, -0.15) is 0 Å². The molecule has 0 spiro atoms. The maximum Gasteiger partial charge on any atom is 0.243 e. The molecule has 0 aliphatic carbocycles. The number of amides is 2. The van der Waals surface area contributed by atoms with Gasteiger partial charge in [0.05, 0.1) is 0 Å². The van der Waals surface area contributed by atoms with E-state index >= 15 is 0 Å². The molecule has 0 aromatic carbocycles. The fourth-order valence-corrected chi connectivity index (χ4v) is 8.46. The van der Waals surface area contributed by atoms with Crippen LogP contribution in [0.1, 0.15) is 252 Å². The molecule has 1 heterocycles. The van der Waals surface area contributed by atoms with Crippen LogP contribution in [0.5, 0.6) is 0 Å². The summed E-state index contributed by atoms with van der Waals surface area (Å²) in [4.78, 5) is 31.1. The highest BCUT2D eigenvalue weighted by molar-refractivity contribution is 5.96. The first-order valence-electron chi connectivity index (χ1n) is 25.0. The highest BCUT2D eigenvalue weighted by atomic mass is 16.2. The molecule has 1 rings (SSSR count). The Hall–Kier alpha value is -1.14. The third-order valence-electron chi connectivity index (χ3n) is 12.3. The summed E-state index contributed by atoms with van der Waals surface area (Å²) in [6.07, 6.45) is 47.1. The monoisotopic (exact) mass is 775 g/mol. The van der Waals surface area contributed by atoms with E-state index in [-0.39, 0.29) is 23.9 Å². The molecular formula is C49H98N4O2. The molecule has 55 heavy (non-hydrogen) atoms. The Bertz CT molecular complexity index is 814. The first-order chi connectivity index (χ1) is 27.0. The Morgan fingerprint density at radius 2 is 0.582 bits per heavy atom. The normalized spacial score (nSPS) is 16.0. The van der Waals surface area contributed by atoms with Crippen molar-refractivity contribution in [3.8, 4) is 0 Å². The Morgan fingerprint density at radius 3 is 0.891 bits per heavy atom. The van der Waals surface area contributed by atoms with Crippen molar-refractivity contribution in [1.82, 2.24) is 20.4 Å². The zero-order valence-corrected chi connectivity index (χ0v) is 37.9. The molecule has 1 aliphatic heterocycles. The summed E-state index contributed by atoms with van der Waals surface area (Å²) in [6, 6.07) is -0.734. The molecule has 1 fully saturated rings. The van der Waals surface area contributed by atoms with Crippen LogP contribution in [0, 0.1) is 0 Å². The number of hydrogen-bond acceptors (Lipinski definition) is 4. The van der Waals surface area contributed by atoms with Crippen molar-refractivity contribution in [2.24, 2.45) is 0 Å². The fourth-order valence-electron chi connectivity index (χ4n) is 8.46. The molecule has 0 saturated carbocycles. The minimum Gasteiger partial charge on any atom is -0.343 e. The first kappa shape index (κ1) is 51.9. The molecule has 0 bridgehead atoms. The second-order valence-electron chi connectivity index (χ2n) is 17.8. The second kappa shape index (κ2) is 39.7. The highest BCUT2D eigenvalue weighted by Crippen LogP contribution is 2.16. The van der Waals surface area contributed by atoms with E-state index in [0.29, 0.717) is 0 Å². The highest BCUT2D eigenvalue weighted by Gasteiger charge is 2.32. The van der Waals surface area contributed by atoms with E-state index in [1.807, 2.05) is 0 Å². The average Bonchev–Trinajstić information content (AvgIpc) is 3.18. The number of nitrogens with one attached hydrogen (secondary N) is 2. The van der Waals surface area contributed by atoms with Crippen LogP contribution < -0.4 is 10.6 Å². The van der Waals surface area contributed by atoms with Crippen LogP contribution in [-0.2, 0) is 9.59 Å². The van der Waals surface area contributed by atoms with Gasteiger partial charge in [-0.05, 0) is 97.6 Å². The van der Waals surface area contributed by atoms with E-state index in [2.05, 4.69) is 48.3 Å². The van der Waals surface area contributed by atoms with Crippen LogP contribution in [0.4, 0.5) is 0 Å². The summed E-state index contributed by atoms with van der Waals surface area (Å²) in [6.45, 7) is 12.7. The van der Waals surface area contributed by atoms with Crippen molar-refractivity contribution in [2.45, 2.75) is 264 Å². The van der Waals surface area contributed by atoms with E-state index in [9.17, 15) is 9.59 Å². The second-order valence-corrected chi connectivity index (χ2v) is 17.8. The van der Waals surface area contributed by atoms with Crippen LogP contribution in [0.2, 0.25) is 0 Å². The lowest BCUT2D eigenvalue weighted by molar-refractivity contribution is -0.137. The molecule has 0 aromatic heterocycles. The molecule has 0 radical (unpaired) electrons. The molecule has 326 valence electrons. The number of piperazine rings is 1. The lowest BCUT2D eigenvalue weighted by atomic mass is 10.0. The number of rotatable bonds is 43. The summed E-state index contributed by atoms with van der Waals surface area (Å²) in [5, 5.41) is 6.16. The van der Waals surface area contributed by atoms with E-state index in [0.717, 1.165) is 58.2 Å². The van der Waals surface area contributed by atoms with Gasteiger partial charge in [0.2, 0.25) is 11.8 Å². The Kier molecular flexibility index (Phi) is 37.4. The summed E-state index contributed by atoms with van der Waals surface area (Å²) in [5.41, 5.74) is 0.